The zero-order valence-electron chi connectivity index (χ0n) is 5.01. The van der Waals surface area contributed by atoms with Crippen molar-refractivity contribution >= 4 is 46.6 Å². The third kappa shape index (κ3) is 1.67. The van der Waals surface area contributed by atoms with Gasteiger partial charge in [0.25, 0.3) is 0 Å². The van der Waals surface area contributed by atoms with Gasteiger partial charge < -0.3 is 0 Å². The predicted molar refractivity (Wildman–Crippen MR) is 51.2 cm³/mol. The second kappa shape index (κ2) is 3.30. The van der Waals surface area contributed by atoms with Gasteiger partial charge >= 0.3 is 0 Å². The van der Waals surface area contributed by atoms with E-state index < -0.39 is 0 Å². The van der Waals surface area contributed by atoms with Crippen LogP contribution < -0.4 is 0 Å². The van der Waals surface area contributed by atoms with E-state index in [9.17, 15) is 0 Å². The number of aromatic nitrogens is 1. The molecule has 0 saturated heterocycles. The minimum absolute atomic E-state index is 0.483. The zero-order chi connectivity index (χ0) is 7.56. The molecule has 0 atom stereocenters. The van der Waals surface area contributed by atoms with Gasteiger partial charge in [0.1, 0.15) is 5.15 Å². The number of hydrogen-bond acceptors (Lipinski definition) is 2. The fourth-order valence-corrected chi connectivity index (χ4v) is 1.46. The van der Waals surface area contributed by atoms with Crippen LogP contribution in [0.15, 0.2) is 17.3 Å². The lowest BCUT2D eigenvalue weighted by atomic mass is 10.4. The quantitative estimate of drug-likeness (QED) is 0.436. The maximum absolute atomic E-state index is 5.60. The van der Waals surface area contributed by atoms with Crippen LogP contribution in [-0.4, -0.2) is 11.7 Å². The average Bonchev–Trinajstić information content (AvgIpc) is 1.88. The molecule has 0 radical (unpaired) electrons. The third-order valence-corrected chi connectivity index (χ3v) is 2.04. The van der Waals surface area contributed by atoms with Gasteiger partial charge in [0.15, 0.2) is 0 Å². The van der Waals surface area contributed by atoms with E-state index in [1.54, 1.807) is 12.3 Å². The first-order valence-corrected chi connectivity index (χ1v) is 3.97. The van der Waals surface area contributed by atoms with Crippen LogP contribution in [0.1, 0.15) is 0 Å². The van der Waals surface area contributed by atoms with Gasteiger partial charge in [-0.25, -0.2) is 4.98 Å². The molecule has 1 aromatic heterocycles. The first-order valence-electron chi connectivity index (χ1n) is 2.52. The molecule has 1 aromatic rings. The molecule has 10 heavy (non-hydrogen) atoms. The Morgan fingerprint density at radius 2 is 2.40 bits per heavy atom. The Bertz CT molecular complexity index is 262. The normalized spacial score (nSPS) is 9.40. The lowest BCUT2D eigenvalue weighted by Crippen LogP contribution is -1.77. The molecule has 0 N–H and O–H groups in total. The van der Waals surface area contributed by atoms with Crippen molar-refractivity contribution in [1.29, 1.82) is 0 Å². The van der Waals surface area contributed by atoms with Gasteiger partial charge in [-0.3, -0.25) is 4.99 Å². The van der Waals surface area contributed by atoms with E-state index in [4.69, 9.17) is 11.6 Å². The molecular formula is C6H4ClIN2. The van der Waals surface area contributed by atoms with Gasteiger partial charge in [-0.1, -0.05) is 11.6 Å². The summed E-state index contributed by atoms with van der Waals surface area (Å²) in [6.45, 7) is 3.38. The minimum Gasteiger partial charge on any atom is -0.262 e. The van der Waals surface area contributed by atoms with Crippen LogP contribution in [0.2, 0.25) is 5.15 Å². The van der Waals surface area contributed by atoms with Crippen LogP contribution in [0, 0.1) is 3.57 Å². The number of hydrogen-bond donors (Lipinski definition) is 0. The minimum atomic E-state index is 0.483. The van der Waals surface area contributed by atoms with E-state index >= 15 is 0 Å². The average molecular weight is 266 g/mol. The van der Waals surface area contributed by atoms with E-state index in [0.717, 1.165) is 9.26 Å². The first-order chi connectivity index (χ1) is 4.74. The summed E-state index contributed by atoms with van der Waals surface area (Å²) in [6, 6.07) is 1.74. The van der Waals surface area contributed by atoms with Crippen LogP contribution in [0.4, 0.5) is 5.69 Å². The van der Waals surface area contributed by atoms with Gasteiger partial charge in [-0.05, 0) is 35.4 Å². The molecule has 0 fully saturated rings. The molecule has 0 unspecified atom stereocenters. The molecule has 0 bridgehead atoms. The van der Waals surface area contributed by atoms with Gasteiger partial charge in [0, 0.05) is 3.57 Å². The molecule has 0 saturated carbocycles. The van der Waals surface area contributed by atoms with E-state index in [1.165, 1.54) is 0 Å². The van der Waals surface area contributed by atoms with E-state index in [2.05, 4.69) is 39.3 Å². The van der Waals surface area contributed by atoms with Crippen molar-refractivity contribution in [3.63, 3.8) is 0 Å². The monoisotopic (exact) mass is 266 g/mol. The van der Waals surface area contributed by atoms with Gasteiger partial charge in [0.05, 0.1) is 11.9 Å². The van der Waals surface area contributed by atoms with Crippen molar-refractivity contribution in [2.75, 3.05) is 0 Å². The van der Waals surface area contributed by atoms with Crippen LogP contribution in [0.5, 0.6) is 0 Å². The molecule has 0 spiro atoms. The Morgan fingerprint density at radius 3 is 2.90 bits per heavy atom. The van der Waals surface area contributed by atoms with Crippen molar-refractivity contribution in [2.24, 2.45) is 4.99 Å². The van der Waals surface area contributed by atoms with Crippen LogP contribution in [0.3, 0.4) is 0 Å². The molecule has 0 amide bonds. The van der Waals surface area contributed by atoms with Crippen molar-refractivity contribution in [2.45, 2.75) is 0 Å². The summed E-state index contributed by atoms with van der Waals surface area (Å²) >= 11 is 7.72. The summed E-state index contributed by atoms with van der Waals surface area (Å²) in [5, 5.41) is 0.483. The summed E-state index contributed by atoms with van der Waals surface area (Å²) in [7, 11) is 0. The topological polar surface area (TPSA) is 25.2 Å². The molecule has 1 rings (SSSR count). The number of nitrogens with zero attached hydrogens (tertiary/aromatic N) is 2. The van der Waals surface area contributed by atoms with Gasteiger partial charge in [0.2, 0.25) is 0 Å². The zero-order valence-corrected chi connectivity index (χ0v) is 7.93. The number of aliphatic imine (C=N–C) groups is 1. The second-order valence-corrected chi connectivity index (χ2v) is 3.17. The lowest BCUT2D eigenvalue weighted by molar-refractivity contribution is 1.29. The highest BCUT2D eigenvalue weighted by molar-refractivity contribution is 14.1. The highest BCUT2D eigenvalue weighted by Crippen LogP contribution is 2.21. The summed E-state index contributed by atoms with van der Waals surface area (Å²) in [6.07, 6.45) is 1.59. The maximum atomic E-state index is 5.60. The van der Waals surface area contributed by atoms with Crippen molar-refractivity contribution in [3.8, 4) is 0 Å². The third-order valence-electron chi connectivity index (χ3n) is 0.971. The molecule has 1 heterocycles. The summed E-state index contributed by atoms with van der Waals surface area (Å²) in [5.74, 6) is 0. The van der Waals surface area contributed by atoms with Crippen molar-refractivity contribution in [1.82, 2.24) is 4.98 Å². The van der Waals surface area contributed by atoms with E-state index in [1.807, 2.05) is 0 Å². The molecule has 0 aliphatic heterocycles. The van der Waals surface area contributed by atoms with Crippen molar-refractivity contribution < 1.29 is 0 Å². The summed E-state index contributed by atoms with van der Waals surface area (Å²) in [5.41, 5.74) is 0.769. The number of halogens is 2. The molecule has 0 aromatic carbocycles. The molecular weight excluding hydrogens is 262 g/mol. The molecule has 52 valence electrons. The van der Waals surface area contributed by atoms with Crippen LogP contribution >= 0.6 is 34.2 Å². The van der Waals surface area contributed by atoms with Crippen LogP contribution in [0.25, 0.3) is 0 Å². The standard InChI is InChI=1S/C6H4ClIN2/c1-9-5-3-10-6(7)2-4(5)8/h2-3H,1H2. The highest BCUT2D eigenvalue weighted by Gasteiger charge is 1.96. The molecule has 0 aliphatic carbocycles. The Labute approximate surface area is 77.5 Å². The Balaban J connectivity index is 3.19. The Kier molecular flexibility index (Phi) is 2.62. The van der Waals surface area contributed by atoms with E-state index in [0.29, 0.717) is 5.15 Å². The molecule has 0 aliphatic rings. The molecule has 2 nitrogen and oxygen atoms in total. The maximum Gasteiger partial charge on any atom is 0.130 e. The number of rotatable bonds is 1. The molecule has 4 heteroatoms. The Morgan fingerprint density at radius 1 is 1.70 bits per heavy atom. The second-order valence-electron chi connectivity index (χ2n) is 1.62. The fraction of sp³-hybridized carbons (Fsp3) is 0. The van der Waals surface area contributed by atoms with Crippen molar-refractivity contribution in [3.05, 3.63) is 21.0 Å². The predicted octanol–water partition coefficient (Wildman–Crippen LogP) is 2.67. The van der Waals surface area contributed by atoms with Crippen LogP contribution in [-0.2, 0) is 0 Å². The smallest absolute Gasteiger partial charge is 0.130 e. The lowest BCUT2D eigenvalue weighted by Gasteiger charge is -1.95. The fourth-order valence-electron chi connectivity index (χ4n) is 0.517. The van der Waals surface area contributed by atoms with E-state index in [-0.39, 0.29) is 0 Å². The number of pyridine rings is 1. The largest absolute Gasteiger partial charge is 0.262 e. The summed E-state index contributed by atoms with van der Waals surface area (Å²) < 4.78 is 0.965. The van der Waals surface area contributed by atoms with Gasteiger partial charge in [-0.15, -0.1) is 0 Å². The summed E-state index contributed by atoms with van der Waals surface area (Å²) in [4.78, 5) is 7.57. The highest BCUT2D eigenvalue weighted by atomic mass is 127. The Hall–Kier alpha value is -0.160. The SMILES string of the molecule is C=Nc1cnc(Cl)cc1I. The first kappa shape index (κ1) is 7.94. The van der Waals surface area contributed by atoms with Gasteiger partial charge in [-0.2, -0.15) is 0 Å².